The number of aromatic amines is 1. The summed E-state index contributed by atoms with van der Waals surface area (Å²) < 4.78 is 0. The molecule has 1 aliphatic heterocycles. The third-order valence-electron chi connectivity index (χ3n) is 12.5. The first kappa shape index (κ1) is 60.7. The summed E-state index contributed by atoms with van der Waals surface area (Å²) in [6.07, 6.45) is 1.01. The molecule has 1 unspecified atom stereocenters. The van der Waals surface area contributed by atoms with E-state index in [1.807, 2.05) is 24.3 Å². The summed E-state index contributed by atoms with van der Waals surface area (Å²) in [5.41, 5.74) is 35.8. The highest BCUT2D eigenvalue weighted by Crippen LogP contribution is 2.20. The van der Waals surface area contributed by atoms with Crippen molar-refractivity contribution in [1.29, 1.82) is 0 Å². The Balaban J connectivity index is 1.78. The number of aliphatic imine (C=N–C) groups is 2. The van der Waals surface area contributed by atoms with Crippen LogP contribution in [0.4, 0.5) is 0 Å². The van der Waals surface area contributed by atoms with Gasteiger partial charge >= 0.3 is 0 Å². The van der Waals surface area contributed by atoms with E-state index in [1.54, 1.807) is 36.5 Å². The van der Waals surface area contributed by atoms with Crippen molar-refractivity contribution in [2.45, 2.75) is 139 Å². The maximum atomic E-state index is 14.7. The van der Waals surface area contributed by atoms with E-state index in [4.69, 9.17) is 34.4 Å². The van der Waals surface area contributed by atoms with Gasteiger partial charge in [-0.1, -0.05) is 55.0 Å². The number of nitrogens with zero attached hydrogens (tertiary/aromatic N) is 2. The summed E-state index contributed by atoms with van der Waals surface area (Å²) in [5.74, 6) is -6.15. The monoisotopic (exact) mass is 1060 g/mol. The lowest BCUT2D eigenvalue weighted by molar-refractivity contribution is -0.134. The van der Waals surface area contributed by atoms with Crippen molar-refractivity contribution < 1.29 is 43.5 Å². The lowest BCUT2D eigenvalue weighted by atomic mass is 10.0. The van der Waals surface area contributed by atoms with Crippen molar-refractivity contribution >= 4 is 70.1 Å². The number of rotatable bonds is 20. The fraction of sp³-hybridized carbons (Fsp3) is 0.520. The number of carbonyl (C=O) groups is 8. The van der Waals surface area contributed by atoms with Gasteiger partial charge in [0.25, 0.3) is 0 Å². The Morgan fingerprint density at radius 2 is 1.39 bits per heavy atom. The Labute approximate surface area is 441 Å². The minimum absolute atomic E-state index is 0.00404. The summed E-state index contributed by atoms with van der Waals surface area (Å²) in [6, 6.07) is 7.29. The van der Waals surface area contributed by atoms with Crippen molar-refractivity contribution in [3.05, 3.63) is 71.9 Å². The van der Waals surface area contributed by atoms with Gasteiger partial charge in [0.2, 0.25) is 47.3 Å². The van der Waals surface area contributed by atoms with Crippen LogP contribution in [0, 0.1) is 0 Å². The zero-order valence-electron chi connectivity index (χ0n) is 43.0. The molecule has 1 saturated heterocycles. The summed E-state index contributed by atoms with van der Waals surface area (Å²) >= 11 is 0. The van der Waals surface area contributed by atoms with Gasteiger partial charge < -0.3 is 81.7 Å². The molecule has 26 nitrogen and oxygen atoms in total. The maximum absolute atomic E-state index is 14.7. The Hall–Kier alpha value is -7.84. The average molecular weight is 1060 g/mol. The first-order valence-corrected chi connectivity index (χ1v) is 25.5. The predicted molar refractivity (Wildman–Crippen MR) is 286 cm³/mol. The molecule has 22 N–H and O–H groups in total. The number of amides is 8. The Kier molecular flexibility index (Phi) is 25.4. The third kappa shape index (κ3) is 21.2. The molecule has 26 heteroatoms. The standard InChI is InChI=1S/C50H77N17O9/c1-29(68)61-35(18-10-24-58-49(53)54)43(71)65-38-20-21-41(69)57-23-9-17-34(42(52)70)62-48(76)40(27-31-28-60-33-15-6-5-14-32(31)33)67-45(73)37(19-11-25-59-50(55)56)64-47(75)39(26-30-12-3-2-4-13-30)66-44(72)36(63-46(38)74)16-7-8-22-51/h2-6,12-15,28,34-40,44,60,66,72H,7-11,16-27,51H2,1H3,(H2,52,70)(H,57,69)(H,61,68)(H,62,76)(H,63,74)(H,64,75)(H,65,71)(H,67,73)(H4,53,54,58)(H4,55,56,59)/t34-,35-,36-,37-,38-,39+,40-,44?/m0/s1. The van der Waals surface area contributed by atoms with Crippen LogP contribution in [0.2, 0.25) is 0 Å². The molecule has 8 amide bonds. The van der Waals surface area contributed by atoms with Gasteiger partial charge in [-0.15, -0.1) is 0 Å². The van der Waals surface area contributed by atoms with Crippen LogP contribution in [-0.4, -0.2) is 144 Å². The second-order valence-electron chi connectivity index (χ2n) is 18.6. The van der Waals surface area contributed by atoms with E-state index in [-0.39, 0.29) is 109 Å². The summed E-state index contributed by atoms with van der Waals surface area (Å²) in [7, 11) is 0. The number of unbranched alkanes of at least 4 members (excludes halogenated alkanes) is 1. The molecule has 0 aliphatic carbocycles. The smallest absolute Gasteiger partial charge is 0.243 e. The van der Waals surface area contributed by atoms with Gasteiger partial charge in [-0.25, -0.2) is 0 Å². The lowest BCUT2D eigenvalue weighted by Gasteiger charge is -2.31. The highest BCUT2D eigenvalue weighted by molar-refractivity contribution is 5.96. The summed E-state index contributed by atoms with van der Waals surface area (Å²) in [6.45, 7) is 1.72. The van der Waals surface area contributed by atoms with Gasteiger partial charge in [0, 0.05) is 56.5 Å². The van der Waals surface area contributed by atoms with Gasteiger partial charge in [-0.2, -0.15) is 0 Å². The molecule has 4 rings (SSSR count). The number of primary amides is 1. The largest absolute Gasteiger partial charge is 0.376 e. The number of H-pyrrole nitrogens is 1. The third-order valence-corrected chi connectivity index (χ3v) is 12.5. The first-order valence-electron chi connectivity index (χ1n) is 25.5. The van der Waals surface area contributed by atoms with Crippen molar-refractivity contribution in [2.24, 2.45) is 44.4 Å². The molecule has 2 aromatic carbocycles. The number of carbonyl (C=O) groups excluding carboxylic acids is 8. The minimum Gasteiger partial charge on any atom is -0.376 e. The molecule has 1 aliphatic rings. The molecular weight excluding hydrogens is 983 g/mol. The zero-order chi connectivity index (χ0) is 55.6. The maximum Gasteiger partial charge on any atom is 0.243 e. The van der Waals surface area contributed by atoms with Crippen molar-refractivity contribution in [2.75, 3.05) is 26.2 Å². The van der Waals surface area contributed by atoms with Crippen LogP contribution in [0.15, 0.2) is 70.8 Å². The van der Waals surface area contributed by atoms with Crippen molar-refractivity contribution in [3.8, 4) is 0 Å². The Morgan fingerprint density at radius 3 is 2.08 bits per heavy atom. The van der Waals surface area contributed by atoms with Crippen molar-refractivity contribution in [3.63, 3.8) is 0 Å². The van der Waals surface area contributed by atoms with Gasteiger partial charge in [0.15, 0.2) is 11.9 Å². The van der Waals surface area contributed by atoms with Crippen LogP contribution in [0.25, 0.3) is 10.9 Å². The molecule has 416 valence electrons. The van der Waals surface area contributed by atoms with Crippen LogP contribution >= 0.6 is 0 Å². The molecular formula is C50H77N17O9. The molecule has 0 bridgehead atoms. The molecule has 8 atom stereocenters. The summed E-state index contributed by atoms with van der Waals surface area (Å²) in [4.78, 5) is 121. The van der Waals surface area contributed by atoms with Crippen LogP contribution in [0.3, 0.4) is 0 Å². The average Bonchev–Trinajstić information content (AvgIpc) is 3.78. The number of aromatic nitrogens is 1. The molecule has 2 heterocycles. The molecule has 0 spiro atoms. The number of nitrogens with two attached hydrogens (primary N) is 6. The van der Waals surface area contributed by atoms with E-state index in [1.165, 1.54) is 6.92 Å². The SMILES string of the molecule is CC(=O)N[C@@H](CCCN=C(N)N)C(=O)N[C@H]1CCC(=O)NCCC[C@@H](C(N)=O)NC(=O)[C@H](Cc2c[nH]c3ccccc23)NC(=O)[C@H](CCCN=C(N)N)NC(=O)[C@@H](Cc2ccccc2)NC(O)[C@H](CCCCN)NC1=O. The number of benzene rings is 2. The van der Waals surface area contributed by atoms with Crippen LogP contribution in [0.1, 0.15) is 88.7 Å². The van der Waals surface area contributed by atoms with E-state index >= 15 is 0 Å². The van der Waals surface area contributed by atoms with Gasteiger partial charge in [-0.3, -0.25) is 53.7 Å². The Morgan fingerprint density at radius 1 is 0.737 bits per heavy atom. The topological polar surface area (TPSA) is 450 Å². The number of fused-ring (bicyclic) bond motifs is 1. The highest BCUT2D eigenvalue weighted by atomic mass is 16.3. The van der Waals surface area contributed by atoms with E-state index in [0.29, 0.717) is 24.0 Å². The second kappa shape index (κ2) is 31.8. The number of hydrogen-bond donors (Lipinski definition) is 16. The Bertz CT molecular complexity index is 2460. The van der Waals surface area contributed by atoms with E-state index < -0.39 is 95.8 Å². The lowest BCUT2D eigenvalue weighted by Crippen LogP contribution is -2.61. The molecule has 1 aromatic heterocycles. The van der Waals surface area contributed by atoms with Crippen LogP contribution in [-0.2, 0) is 51.2 Å². The molecule has 3 aromatic rings. The van der Waals surface area contributed by atoms with E-state index in [9.17, 15) is 43.5 Å². The fourth-order valence-corrected chi connectivity index (χ4v) is 8.56. The first-order chi connectivity index (χ1) is 36.3. The molecule has 0 radical (unpaired) electrons. The number of para-hydroxylation sites is 1. The van der Waals surface area contributed by atoms with E-state index in [0.717, 1.165) is 10.9 Å². The molecule has 76 heavy (non-hydrogen) atoms. The van der Waals surface area contributed by atoms with Gasteiger partial charge in [0.1, 0.15) is 36.4 Å². The highest BCUT2D eigenvalue weighted by Gasteiger charge is 2.35. The predicted octanol–water partition coefficient (Wildman–Crippen LogP) is -3.43. The quantitative estimate of drug-likeness (QED) is 0.0298. The zero-order valence-corrected chi connectivity index (χ0v) is 43.0. The number of aliphatic hydroxyl groups excluding tert-OH is 1. The molecule has 1 fully saturated rings. The number of guanidine groups is 2. The number of hydrogen-bond acceptors (Lipinski definition) is 13. The minimum atomic E-state index is -1.65. The van der Waals surface area contributed by atoms with Gasteiger partial charge in [0.05, 0.1) is 12.1 Å². The molecule has 0 saturated carbocycles. The second-order valence-corrected chi connectivity index (χ2v) is 18.6. The van der Waals surface area contributed by atoms with E-state index in [2.05, 4.69) is 57.5 Å². The van der Waals surface area contributed by atoms with Crippen molar-refractivity contribution in [1.82, 2.24) is 47.5 Å². The summed E-state index contributed by atoms with van der Waals surface area (Å²) in [5, 5.41) is 34.8. The van der Waals surface area contributed by atoms with Crippen LogP contribution < -0.4 is 76.9 Å². The van der Waals surface area contributed by atoms with Gasteiger partial charge in [-0.05, 0) is 87.9 Å². The number of nitrogens with one attached hydrogen (secondary N) is 9. The number of aliphatic hydroxyl groups is 1. The fourth-order valence-electron chi connectivity index (χ4n) is 8.56. The normalized spacial score (nSPS) is 22.0. The van der Waals surface area contributed by atoms with Crippen LogP contribution in [0.5, 0.6) is 0 Å².